The summed E-state index contributed by atoms with van der Waals surface area (Å²) in [5, 5.41) is 0. The van der Waals surface area contributed by atoms with E-state index in [1.54, 1.807) is 18.2 Å². The van der Waals surface area contributed by atoms with Crippen molar-refractivity contribution in [1.82, 2.24) is 5.43 Å². The lowest BCUT2D eigenvalue weighted by atomic mass is 9.83. The summed E-state index contributed by atoms with van der Waals surface area (Å²) in [6.07, 6.45) is 1.45. The first-order valence-corrected chi connectivity index (χ1v) is 7.02. The topological polar surface area (TPSA) is 56.5 Å². The Balaban J connectivity index is 3.30. The largest absolute Gasteiger partial charge is 0.494 e. The molecular formula is C15H25FN2O2. The van der Waals surface area contributed by atoms with E-state index >= 15 is 0 Å². The normalized spacial score (nSPS) is 13.3. The maximum absolute atomic E-state index is 14.5. The summed E-state index contributed by atoms with van der Waals surface area (Å²) in [5.74, 6) is 5.50. The minimum atomic E-state index is -0.545. The molecule has 0 saturated heterocycles. The fourth-order valence-electron chi connectivity index (χ4n) is 2.67. The number of ether oxygens (including phenoxy) is 2. The lowest BCUT2D eigenvalue weighted by Crippen LogP contribution is -2.48. The van der Waals surface area contributed by atoms with Gasteiger partial charge in [0.2, 0.25) is 0 Å². The highest BCUT2D eigenvalue weighted by molar-refractivity contribution is 5.34. The average molecular weight is 284 g/mol. The van der Waals surface area contributed by atoms with Crippen LogP contribution in [0.1, 0.15) is 45.2 Å². The Morgan fingerprint density at radius 1 is 1.30 bits per heavy atom. The molecule has 1 atom stereocenters. The van der Waals surface area contributed by atoms with Gasteiger partial charge in [-0.05, 0) is 25.8 Å². The Morgan fingerprint density at radius 3 is 2.40 bits per heavy atom. The van der Waals surface area contributed by atoms with Crippen LogP contribution in [0, 0.1) is 5.82 Å². The molecule has 0 aliphatic heterocycles. The van der Waals surface area contributed by atoms with Gasteiger partial charge >= 0.3 is 0 Å². The van der Waals surface area contributed by atoms with E-state index in [0.717, 1.165) is 12.8 Å². The molecule has 3 N–H and O–H groups in total. The molecule has 114 valence electrons. The van der Waals surface area contributed by atoms with E-state index in [2.05, 4.69) is 5.43 Å². The first-order valence-electron chi connectivity index (χ1n) is 7.02. The third kappa shape index (κ3) is 3.11. The standard InChI is InChI=1S/C15H25FN2O2/c1-5-15(6-2,20-7-3)14(18-17)11-9-8-10-12(19-4)13(11)16/h8-10,14,18H,5-7,17H2,1-4H3. The number of rotatable bonds is 8. The minimum Gasteiger partial charge on any atom is -0.494 e. The molecule has 1 aromatic rings. The summed E-state index contributed by atoms with van der Waals surface area (Å²) in [4.78, 5) is 0. The van der Waals surface area contributed by atoms with Gasteiger partial charge in [-0.3, -0.25) is 5.84 Å². The van der Waals surface area contributed by atoms with Crippen molar-refractivity contribution in [2.45, 2.75) is 45.3 Å². The number of hydrazine groups is 1. The number of hydrogen-bond acceptors (Lipinski definition) is 4. The van der Waals surface area contributed by atoms with E-state index in [9.17, 15) is 4.39 Å². The van der Waals surface area contributed by atoms with Gasteiger partial charge in [0, 0.05) is 12.2 Å². The zero-order valence-electron chi connectivity index (χ0n) is 12.7. The second kappa shape index (κ2) is 7.57. The molecule has 4 nitrogen and oxygen atoms in total. The highest BCUT2D eigenvalue weighted by Crippen LogP contribution is 2.37. The molecule has 0 saturated carbocycles. The number of nitrogens with one attached hydrogen (secondary N) is 1. The highest BCUT2D eigenvalue weighted by atomic mass is 19.1. The third-order valence-corrected chi connectivity index (χ3v) is 3.85. The Hall–Kier alpha value is -1.17. The van der Waals surface area contributed by atoms with Crippen molar-refractivity contribution in [1.29, 1.82) is 0 Å². The number of halogens is 1. The van der Waals surface area contributed by atoms with Gasteiger partial charge in [-0.1, -0.05) is 26.0 Å². The van der Waals surface area contributed by atoms with E-state index in [1.807, 2.05) is 20.8 Å². The van der Waals surface area contributed by atoms with Gasteiger partial charge in [0.1, 0.15) is 0 Å². The summed E-state index contributed by atoms with van der Waals surface area (Å²) in [6.45, 7) is 6.50. The summed E-state index contributed by atoms with van der Waals surface area (Å²) in [7, 11) is 1.45. The monoisotopic (exact) mass is 284 g/mol. The van der Waals surface area contributed by atoms with Crippen molar-refractivity contribution in [3.63, 3.8) is 0 Å². The fourth-order valence-corrected chi connectivity index (χ4v) is 2.67. The van der Waals surface area contributed by atoms with Gasteiger partial charge in [0.15, 0.2) is 11.6 Å². The molecular weight excluding hydrogens is 259 g/mol. The fraction of sp³-hybridized carbons (Fsp3) is 0.600. The van der Waals surface area contributed by atoms with Crippen LogP contribution in [-0.4, -0.2) is 19.3 Å². The van der Waals surface area contributed by atoms with Crippen LogP contribution in [0.4, 0.5) is 4.39 Å². The van der Waals surface area contributed by atoms with Crippen molar-refractivity contribution in [2.75, 3.05) is 13.7 Å². The van der Waals surface area contributed by atoms with Crippen molar-refractivity contribution in [3.8, 4) is 5.75 Å². The van der Waals surface area contributed by atoms with E-state index in [-0.39, 0.29) is 5.75 Å². The smallest absolute Gasteiger partial charge is 0.169 e. The van der Waals surface area contributed by atoms with Gasteiger partial charge in [-0.2, -0.15) is 0 Å². The Morgan fingerprint density at radius 2 is 1.95 bits per heavy atom. The van der Waals surface area contributed by atoms with E-state index in [4.69, 9.17) is 15.3 Å². The van der Waals surface area contributed by atoms with Crippen LogP contribution < -0.4 is 16.0 Å². The van der Waals surface area contributed by atoms with Gasteiger partial charge in [0.05, 0.1) is 18.8 Å². The molecule has 0 radical (unpaired) electrons. The molecule has 0 aliphatic carbocycles. The second-order valence-electron chi connectivity index (χ2n) is 4.67. The molecule has 1 unspecified atom stereocenters. The Kier molecular flexibility index (Phi) is 6.39. The lowest BCUT2D eigenvalue weighted by molar-refractivity contribution is -0.0741. The second-order valence-corrected chi connectivity index (χ2v) is 4.67. The van der Waals surface area contributed by atoms with Gasteiger partial charge < -0.3 is 9.47 Å². The van der Waals surface area contributed by atoms with E-state index < -0.39 is 17.5 Å². The highest BCUT2D eigenvalue weighted by Gasteiger charge is 2.38. The molecule has 0 heterocycles. The number of hydrogen-bond donors (Lipinski definition) is 2. The van der Waals surface area contributed by atoms with Crippen molar-refractivity contribution >= 4 is 0 Å². The van der Waals surface area contributed by atoms with Crippen LogP contribution in [0.25, 0.3) is 0 Å². The minimum absolute atomic E-state index is 0.209. The van der Waals surface area contributed by atoms with Gasteiger partial charge in [-0.25, -0.2) is 9.82 Å². The van der Waals surface area contributed by atoms with Crippen molar-refractivity contribution in [3.05, 3.63) is 29.6 Å². The van der Waals surface area contributed by atoms with Crippen LogP contribution in [0.3, 0.4) is 0 Å². The molecule has 0 fully saturated rings. The Bertz CT molecular complexity index is 422. The predicted molar refractivity (Wildman–Crippen MR) is 78.0 cm³/mol. The van der Waals surface area contributed by atoms with E-state index in [0.29, 0.717) is 12.2 Å². The molecule has 0 bridgehead atoms. The zero-order chi connectivity index (χ0) is 15.2. The molecule has 0 aliphatic rings. The molecule has 1 aromatic carbocycles. The zero-order valence-corrected chi connectivity index (χ0v) is 12.7. The maximum Gasteiger partial charge on any atom is 0.169 e. The van der Waals surface area contributed by atoms with Crippen molar-refractivity contribution in [2.24, 2.45) is 5.84 Å². The van der Waals surface area contributed by atoms with Crippen LogP contribution in [0.5, 0.6) is 5.75 Å². The Labute approximate surface area is 120 Å². The van der Waals surface area contributed by atoms with Crippen molar-refractivity contribution < 1.29 is 13.9 Å². The quantitative estimate of drug-likeness (QED) is 0.569. The van der Waals surface area contributed by atoms with Gasteiger partial charge in [-0.15, -0.1) is 0 Å². The number of nitrogens with two attached hydrogens (primary N) is 1. The molecule has 0 spiro atoms. The summed E-state index contributed by atoms with van der Waals surface area (Å²) < 4.78 is 25.4. The average Bonchev–Trinajstić information content (AvgIpc) is 2.48. The molecule has 0 aromatic heterocycles. The third-order valence-electron chi connectivity index (χ3n) is 3.85. The van der Waals surface area contributed by atoms with Gasteiger partial charge in [0.25, 0.3) is 0 Å². The SMILES string of the molecule is CCOC(CC)(CC)C(NN)c1cccc(OC)c1F. The first kappa shape index (κ1) is 16.9. The molecule has 1 rings (SSSR count). The number of benzene rings is 1. The summed E-state index contributed by atoms with van der Waals surface area (Å²) in [6, 6.07) is 4.62. The maximum atomic E-state index is 14.5. The van der Waals surface area contributed by atoms with Crippen LogP contribution in [-0.2, 0) is 4.74 Å². The van der Waals surface area contributed by atoms with Crippen LogP contribution in [0.15, 0.2) is 18.2 Å². The molecule has 0 amide bonds. The summed E-state index contributed by atoms with van der Waals surface area (Å²) >= 11 is 0. The lowest BCUT2D eigenvalue weighted by Gasteiger charge is -2.39. The first-order chi connectivity index (χ1) is 9.60. The van der Waals surface area contributed by atoms with Crippen LogP contribution >= 0.6 is 0 Å². The summed E-state index contributed by atoms with van der Waals surface area (Å²) in [5.41, 5.74) is 2.63. The van der Waals surface area contributed by atoms with Crippen LogP contribution in [0.2, 0.25) is 0 Å². The number of methoxy groups -OCH3 is 1. The van der Waals surface area contributed by atoms with E-state index in [1.165, 1.54) is 7.11 Å². The molecule has 5 heteroatoms. The predicted octanol–water partition coefficient (Wildman–Crippen LogP) is 2.93. The molecule has 20 heavy (non-hydrogen) atoms.